The van der Waals surface area contributed by atoms with E-state index >= 15 is 0 Å². The van der Waals surface area contributed by atoms with Crippen molar-refractivity contribution in [3.8, 4) is 5.75 Å². The van der Waals surface area contributed by atoms with Gasteiger partial charge in [0.1, 0.15) is 18.1 Å². The van der Waals surface area contributed by atoms with Gasteiger partial charge in [-0.3, -0.25) is 0 Å². The van der Waals surface area contributed by atoms with Crippen molar-refractivity contribution in [2.45, 2.75) is 40.3 Å². The number of nitrogens with zero attached hydrogens (tertiary/aromatic N) is 3. The lowest BCUT2D eigenvalue weighted by atomic mass is 10.1. The minimum Gasteiger partial charge on any atom is -0.487 e. The Morgan fingerprint density at radius 2 is 2.00 bits per heavy atom. The number of rotatable bonds is 6. The number of hydrogen-bond donors (Lipinski definition) is 1. The van der Waals surface area contributed by atoms with Gasteiger partial charge in [0, 0.05) is 6.54 Å². The molecule has 0 aliphatic rings. The van der Waals surface area contributed by atoms with Crippen molar-refractivity contribution in [3.05, 3.63) is 40.7 Å². The van der Waals surface area contributed by atoms with Gasteiger partial charge in [0.05, 0.1) is 0 Å². The van der Waals surface area contributed by atoms with Crippen LogP contribution in [0.2, 0.25) is 0 Å². The van der Waals surface area contributed by atoms with Gasteiger partial charge in [0.25, 0.3) is 0 Å². The summed E-state index contributed by atoms with van der Waals surface area (Å²) in [6, 6.07) is 5.88. The van der Waals surface area contributed by atoms with Gasteiger partial charge in [0.2, 0.25) is 0 Å². The molecule has 1 heterocycles. The van der Waals surface area contributed by atoms with Crippen molar-refractivity contribution < 1.29 is 14.6 Å². The molecule has 6 nitrogen and oxygen atoms in total. The van der Waals surface area contributed by atoms with E-state index in [9.17, 15) is 9.90 Å². The molecule has 0 spiro atoms. The third kappa shape index (κ3) is 3.21. The van der Waals surface area contributed by atoms with E-state index < -0.39 is 5.97 Å². The lowest BCUT2D eigenvalue weighted by Crippen LogP contribution is -2.12. The number of carboxylic acids is 1. The zero-order valence-electron chi connectivity index (χ0n) is 12.5. The highest BCUT2D eigenvalue weighted by Crippen LogP contribution is 2.23. The Labute approximate surface area is 123 Å². The van der Waals surface area contributed by atoms with E-state index in [-0.39, 0.29) is 12.3 Å². The van der Waals surface area contributed by atoms with Crippen LogP contribution in [0.5, 0.6) is 5.75 Å². The monoisotopic (exact) mass is 289 g/mol. The minimum absolute atomic E-state index is 0.0466. The maximum Gasteiger partial charge on any atom is 0.358 e. The highest BCUT2D eigenvalue weighted by molar-refractivity contribution is 5.86. The second-order valence-corrected chi connectivity index (χ2v) is 4.92. The van der Waals surface area contributed by atoms with E-state index in [0.29, 0.717) is 12.2 Å². The molecule has 1 aromatic heterocycles. The molecule has 2 rings (SSSR count). The van der Waals surface area contributed by atoms with Crippen molar-refractivity contribution in [2.24, 2.45) is 0 Å². The second-order valence-electron chi connectivity index (χ2n) is 4.92. The first-order chi connectivity index (χ1) is 10.0. The van der Waals surface area contributed by atoms with E-state index in [0.717, 1.165) is 23.3 Å². The van der Waals surface area contributed by atoms with Crippen LogP contribution < -0.4 is 4.74 Å². The fraction of sp³-hybridized carbons (Fsp3) is 0.400. The number of aromatic carboxylic acids is 1. The first kappa shape index (κ1) is 15.0. The SMILES string of the molecule is CCCn1nnc(C(=O)O)c1COc1c(C)cccc1C. The molecular weight excluding hydrogens is 270 g/mol. The van der Waals surface area contributed by atoms with Crippen molar-refractivity contribution in [1.82, 2.24) is 15.0 Å². The molecule has 1 N–H and O–H groups in total. The average molecular weight is 289 g/mol. The maximum atomic E-state index is 11.2. The molecule has 1 aromatic carbocycles. The number of carbonyl (C=O) groups is 1. The van der Waals surface area contributed by atoms with Gasteiger partial charge < -0.3 is 9.84 Å². The van der Waals surface area contributed by atoms with Crippen LogP contribution in [0.3, 0.4) is 0 Å². The normalized spacial score (nSPS) is 10.6. The van der Waals surface area contributed by atoms with E-state index in [4.69, 9.17) is 4.74 Å². The Morgan fingerprint density at radius 3 is 2.57 bits per heavy atom. The summed E-state index contributed by atoms with van der Waals surface area (Å²) in [7, 11) is 0. The number of aromatic nitrogens is 3. The Balaban J connectivity index is 2.26. The minimum atomic E-state index is -1.09. The zero-order valence-corrected chi connectivity index (χ0v) is 12.5. The number of aryl methyl sites for hydroxylation is 3. The predicted molar refractivity (Wildman–Crippen MR) is 77.5 cm³/mol. The van der Waals surface area contributed by atoms with Crippen LogP contribution in [0, 0.1) is 13.8 Å². The van der Waals surface area contributed by atoms with Gasteiger partial charge in [-0.2, -0.15) is 0 Å². The zero-order chi connectivity index (χ0) is 15.4. The smallest absolute Gasteiger partial charge is 0.358 e. The van der Waals surface area contributed by atoms with Crippen molar-refractivity contribution >= 4 is 5.97 Å². The van der Waals surface area contributed by atoms with E-state index in [1.54, 1.807) is 4.68 Å². The van der Waals surface area contributed by atoms with Crippen LogP contribution in [-0.2, 0) is 13.2 Å². The van der Waals surface area contributed by atoms with Gasteiger partial charge >= 0.3 is 5.97 Å². The summed E-state index contributed by atoms with van der Waals surface area (Å²) >= 11 is 0. The van der Waals surface area contributed by atoms with Crippen LogP contribution >= 0.6 is 0 Å². The molecule has 0 saturated carbocycles. The second kappa shape index (κ2) is 6.39. The highest BCUT2D eigenvalue weighted by Gasteiger charge is 2.19. The number of ether oxygens (including phenoxy) is 1. The summed E-state index contributed by atoms with van der Waals surface area (Å²) in [5.74, 6) is -0.310. The highest BCUT2D eigenvalue weighted by atomic mass is 16.5. The maximum absolute atomic E-state index is 11.2. The molecule has 0 atom stereocenters. The Kier molecular flexibility index (Phi) is 4.57. The fourth-order valence-electron chi connectivity index (χ4n) is 2.20. The quantitative estimate of drug-likeness (QED) is 0.884. The molecular formula is C15H19N3O3. The summed E-state index contributed by atoms with van der Waals surface area (Å²) in [4.78, 5) is 11.2. The number of para-hydroxylation sites is 1. The topological polar surface area (TPSA) is 77.2 Å². The summed E-state index contributed by atoms with van der Waals surface area (Å²) in [5.41, 5.74) is 2.48. The van der Waals surface area contributed by atoms with Crippen LogP contribution in [0.15, 0.2) is 18.2 Å². The van der Waals surface area contributed by atoms with Gasteiger partial charge in [-0.15, -0.1) is 5.10 Å². The molecule has 0 aliphatic carbocycles. The molecule has 0 radical (unpaired) electrons. The molecule has 0 bridgehead atoms. The molecule has 0 unspecified atom stereocenters. The van der Waals surface area contributed by atoms with E-state index in [1.807, 2.05) is 39.0 Å². The number of hydrogen-bond acceptors (Lipinski definition) is 4. The Hall–Kier alpha value is -2.37. The first-order valence-corrected chi connectivity index (χ1v) is 6.89. The lowest BCUT2D eigenvalue weighted by molar-refractivity contribution is 0.0687. The molecule has 112 valence electrons. The van der Waals surface area contributed by atoms with Crippen LogP contribution in [0.1, 0.15) is 40.7 Å². The molecule has 21 heavy (non-hydrogen) atoms. The molecule has 0 fully saturated rings. The van der Waals surface area contributed by atoms with Gasteiger partial charge in [0.15, 0.2) is 5.69 Å². The third-order valence-corrected chi connectivity index (χ3v) is 3.24. The molecule has 0 aliphatic heterocycles. The number of benzene rings is 1. The summed E-state index contributed by atoms with van der Waals surface area (Å²) in [5, 5.41) is 16.8. The van der Waals surface area contributed by atoms with Crippen molar-refractivity contribution in [2.75, 3.05) is 0 Å². The lowest BCUT2D eigenvalue weighted by Gasteiger charge is -2.12. The summed E-state index contributed by atoms with van der Waals surface area (Å²) < 4.78 is 7.42. The van der Waals surface area contributed by atoms with Crippen LogP contribution in [-0.4, -0.2) is 26.1 Å². The average Bonchev–Trinajstić information content (AvgIpc) is 2.82. The standard InChI is InChI=1S/C15H19N3O3/c1-4-8-18-12(13(15(19)20)16-17-18)9-21-14-10(2)6-5-7-11(14)3/h5-7H,4,8-9H2,1-3H3,(H,19,20). The van der Waals surface area contributed by atoms with E-state index in [2.05, 4.69) is 10.3 Å². The largest absolute Gasteiger partial charge is 0.487 e. The Morgan fingerprint density at radius 1 is 1.33 bits per heavy atom. The van der Waals surface area contributed by atoms with Gasteiger partial charge in [-0.1, -0.05) is 30.3 Å². The van der Waals surface area contributed by atoms with Gasteiger partial charge in [-0.05, 0) is 31.4 Å². The third-order valence-electron chi connectivity index (χ3n) is 3.24. The molecule has 0 amide bonds. The van der Waals surface area contributed by atoms with Crippen molar-refractivity contribution in [1.29, 1.82) is 0 Å². The molecule has 0 saturated heterocycles. The molecule has 6 heteroatoms. The Bertz CT molecular complexity index is 629. The predicted octanol–water partition coefficient (Wildman–Crippen LogP) is 2.58. The van der Waals surface area contributed by atoms with Gasteiger partial charge in [-0.25, -0.2) is 9.48 Å². The summed E-state index contributed by atoms with van der Waals surface area (Å²) in [6.07, 6.45) is 0.846. The van der Waals surface area contributed by atoms with Crippen LogP contribution in [0.4, 0.5) is 0 Å². The van der Waals surface area contributed by atoms with Crippen molar-refractivity contribution in [3.63, 3.8) is 0 Å². The summed E-state index contributed by atoms with van der Waals surface area (Å²) in [6.45, 7) is 6.67. The fourth-order valence-corrected chi connectivity index (χ4v) is 2.20. The van der Waals surface area contributed by atoms with Crippen LogP contribution in [0.25, 0.3) is 0 Å². The van der Waals surface area contributed by atoms with E-state index in [1.165, 1.54) is 0 Å². The number of carboxylic acid groups (broad SMARTS) is 1. The molecule has 2 aromatic rings. The first-order valence-electron chi connectivity index (χ1n) is 6.89.